The quantitative estimate of drug-likeness (QED) is 0.777. The van der Waals surface area contributed by atoms with Crippen LogP contribution in [0.15, 0.2) is 42.5 Å². The Kier molecular flexibility index (Phi) is 5.63. The van der Waals surface area contributed by atoms with Gasteiger partial charge in [-0.2, -0.15) is 0 Å². The zero-order chi connectivity index (χ0) is 20.3. The summed E-state index contributed by atoms with van der Waals surface area (Å²) in [6, 6.07) is 11.6. The number of anilines is 1. The van der Waals surface area contributed by atoms with Crippen LogP contribution in [0.2, 0.25) is 0 Å². The van der Waals surface area contributed by atoms with E-state index in [4.69, 9.17) is 9.47 Å². The van der Waals surface area contributed by atoms with Crippen LogP contribution >= 0.6 is 0 Å². The highest BCUT2D eigenvalue weighted by Gasteiger charge is 2.41. The van der Waals surface area contributed by atoms with Gasteiger partial charge >= 0.3 is 6.03 Å². The summed E-state index contributed by atoms with van der Waals surface area (Å²) in [5.41, 5.74) is 2.25. The molecule has 0 aliphatic carbocycles. The number of amides is 4. The first-order valence-corrected chi connectivity index (χ1v) is 8.97. The Labute approximate surface area is 163 Å². The van der Waals surface area contributed by atoms with Gasteiger partial charge in [0.15, 0.2) is 11.5 Å². The number of benzene rings is 2. The number of methoxy groups -OCH3 is 2. The van der Waals surface area contributed by atoms with Crippen LogP contribution in [-0.4, -0.2) is 32.1 Å². The molecule has 1 fully saturated rings. The van der Waals surface area contributed by atoms with Crippen LogP contribution in [0.1, 0.15) is 18.1 Å². The molecule has 2 aromatic carbocycles. The summed E-state index contributed by atoms with van der Waals surface area (Å²) in [6.07, 6.45) is 0.989. The maximum absolute atomic E-state index is 13.0. The maximum atomic E-state index is 13.0. The average molecular weight is 382 g/mol. The van der Waals surface area contributed by atoms with Crippen molar-refractivity contribution in [2.24, 2.45) is 5.92 Å². The molecule has 1 aliphatic rings. The fraction of sp³-hybridized carbons (Fsp3) is 0.286. The highest BCUT2D eigenvalue weighted by atomic mass is 16.5. The lowest BCUT2D eigenvalue weighted by molar-refractivity contribution is -0.134. The Hall–Kier alpha value is -3.35. The van der Waals surface area contributed by atoms with E-state index in [1.807, 2.05) is 19.1 Å². The fourth-order valence-electron chi connectivity index (χ4n) is 3.17. The summed E-state index contributed by atoms with van der Waals surface area (Å²) in [4.78, 5) is 38.6. The third-order valence-corrected chi connectivity index (χ3v) is 4.76. The van der Waals surface area contributed by atoms with Crippen LogP contribution in [0.3, 0.4) is 0 Å². The number of ether oxygens (including phenoxy) is 2. The molecule has 1 aliphatic heterocycles. The Bertz CT molecular complexity index is 908. The molecule has 7 heteroatoms. The van der Waals surface area contributed by atoms with Gasteiger partial charge in [-0.3, -0.25) is 14.9 Å². The normalized spacial score (nSPS) is 16.8. The molecule has 1 heterocycles. The molecular formula is C21H22N2O5. The summed E-state index contributed by atoms with van der Waals surface area (Å²) in [5.74, 6) is -1.11. The second-order valence-electron chi connectivity index (χ2n) is 6.43. The van der Waals surface area contributed by atoms with Crippen molar-refractivity contribution in [1.82, 2.24) is 5.32 Å². The van der Waals surface area contributed by atoms with Crippen LogP contribution in [0.5, 0.6) is 11.5 Å². The van der Waals surface area contributed by atoms with E-state index in [1.165, 1.54) is 14.2 Å². The molecule has 28 heavy (non-hydrogen) atoms. The van der Waals surface area contributed by atoms with Gasteiger partial charge in [0.25, 0.3) is 0 Å². The van der Waals surface area contributed by atoms with Crippen LogP contribution in [0.4, 0.5) is 10.5 Å². The zero-order valence-corrected chi connectivity index (χ0v) is 16.0. The SMILES string of the molecule is CCc1ccc(N2C(=O)NC(=O)C(Cc3ccc(OC)c(OC)c3)C2=O)cc1. The van der Waals surface area contributed by atoms with Crippen molar-refractivity contribution in [3.63, 3.8) is 0 Å². The first kappa shape index (κ1) is 19.4. The Morgan fingerprint density at radius 1 is 0.929 bits per heavy atom. The van der Waals surface area contributed by atoms with Crippen LogP contribution in [0.25, 0.3) is 0 Å². The lowest BCUT2D eigenvalue weighted by atomic mass is 9.95. The number of carbonyl (C=O) groups is 3. The van der Waals surface area contributed by atoms with Gasteiger partial charge in [-0.15, -0.1) is 0 Å². The summed E-state index contributed by atoms with van der Waals surface area (Å²) >= 11 is 0. The monoisotopic (exact) mass is 382 g/mol. The molecule has 7 nitrogen and oxygen atoms in total. The molecule has 0 radical (unpaired) electrons. The highest BCUT2D eigenvalue weighted by molar-refractivity contribution is 6.27. The van der Waals surface area contributed by atoms with Crippen molar-refractivity contribution in [1.29, 1.82) is 0 Å². The van der Waals surface area contributed by atoms with Gasteiger partial charge in [-0.25, -0.2) is 9.69 Å². The van der Waals surface area contributed by atoms with Crippen molar-refractivity contribution < 1.29 is 23.9 Å². The van der Waals surface area contributed by atoms with Crippen molar-refractivity contribution >= 4 is 23.5 Å². The largest absolute Gasteiger partial charge is 0.493 e. The van der Waals surface area contributed by atoms with E-state index in [0.717, 1.165) is 22.4 Å². The summed E-state index contributed by atoms with van der Waals surface area (Å²) < 4.78 is 10.5. The number of hydrogen-bond acceptors (Lipinski definition) is 5. The fourth-order valence-corrected chi connectivity index (χ4v) is 3.17. The van der Waals surface area contributed by atoms with Crippen LogP contribution < -0.4 is 19.7 Å². The molecule has 4 amide bonds. The van der Waals surface area contributed by atoms with Crippen molar-refractivity contribution in [3.8, 4) is 11.5 Å². The van der Waals surface area contributed by atoms with Gasteiger partial charge in [0.2, 0.25) is 11.8 Å². The summed E-state index contributed by atoms with van der Waals surface area (Å²) in [6.45, 7) is 2.02. The van der Waals surface area contributed by atoms with Crippen molar-refractivity contribution in [2.45, 2.75) is 19.8 Å². The van der Waals surface area contributed by atoms with E-state index in [-0.39, 0.29) is 6.42 Å². The molecule has 2 aromatic rings. The van der Waals surface area contributed by atoms with E-state index in [2.05, 4.69) is 5.32 Å². The molecule has 0 saturated carbocycles. The number of urea groups is 1. The van der Waals surface area contributed by atoms with E-state index >= 15 is 0 Å². The number of hydrogen-bond donors (Lipinski definition) is 1. The smallest absolute Gasteiger partial charge is 0.335 e. The van der Waals surface area contributed by atoms with E-state index in [9.17, 15) is 14.4 Å². The summed E-state index contributed by atoms with van der Waals surface area (Å²) in [5, 5.41) is 2.28. The number of barbiturate groups is 1. The van der Waals surface area contributed by atoms with Gasteiger partial charge in [-0.1, -0.05) is 25.1 Å². The number of rotatable bonds is 6. The van der Waals surface area contributed by atoms with Gasteiger partial charge in [0.1, 0.15) is 5.92 Å². The van der Waals surface area contributed by atoms with E-state index in [1.54, 1.807) is 30.3 Å². The highest BCUT2D eigenvalue weighted by Crippen LogP contribution is 2.30. The van der Waals surface area contributed by atoms with Crippen LogP contribution in [-0.2, 0) is 22.4 Å². The number of imide groups is 2. The maximum Gasteiger partial charge on any atom is 0.335 e. The minimum Gasteiger partial charge on any atom is -0.493 e. The molecule has 1 atom stereocenters. The second kappa shape index (κ2) is 8.12. The third kappa shape index (κ3) is 3.69. The molecule has 1 N–H and O–H groups in total. The minimum atomic E-state index is -1.01. The van der Waals surface area contributed by atoms with Crippen LogP contribution in [0, 0.1) is 5.92 Å². The predicted octanol–water partition coefficient (Wildman–Crippen LogP) is 2.71. The average Bonchev–Trinajstić information content (AvgIpc) is 2.71. The molecule has 3 rings (SSSR count). The second-order valence-corrected chi connectivity index (χ2v) is 6.43. The molecule has 1 saturated heterocycles. The van der Waals surface area contributed by atoms with Gasteiger partial charge < -0.3 is 9.47 Å². The molecule has 0 spiro atoms. The van der Waals surface area contributed by atoms with E-state index < -0.39 is 23.8 Å². The standard InChI is InChI=1S/C21H22N2O5/c1-4-13-5-8-15(9-6-13)23-20(25)16(19(24)22-21(23)26)11-14-7-10-17(27-2)18(12-14)28-3/h5-10,12,16H,4,11H2,1-3H3,(H,22,24,26). The topological polar surface area (TPSA) is 84.9 Å². The van der Waals surface area contributed by atoms with Crippen molar-refractivity contribution in [3.05, 3.63) is 53.6 Å². The molecule has 0 aromatic heterocycles. The molecule has 1 unspecified atom stereocenters. The minimum absolute atomic E-state index is 0.141. The third-order valence-electron chi connectivity index (χ3n) is 4.76. The van der Waals surface area contributed by atoms with Crippen molar-refractivity contribution in [2.75, 3.05) is 19.1 Å². The molecule has 0 bridgehead atoms. The number of carbonyl (C=O) groups excluding carboxylic acids is 3. The Morgan fingerprint density at radius 2 is 1.57 bits per heavy atom. The Balaban J connectivity index is 1.87. The van der Waals surface area contributed by atoms with Gasteiger partial charge in [0, 0.05) is 0 Å². The molecular weight excluding hydrogens is 360 g/mol. The number of nitrogens with one attached hydrogen (secondary N) is 1. The van der Waals surface area contributed by atoms with Gasteiger partial charge in [0.05, 0.1) is 19.9 Å². The summed E-state index contributed by atoms with van der Waals surface area (Å²) in [7, 11) is 3.05. The lowest BCUT2D eigenvalue weighted by Gasteiger charge is -2.30. The zero-order valence-electron chi connectivity index (χ0n) is 16.0. The first-order chi connectivity index (χ1) is 13.5. The van der Waals surface area contributed by atoms with Gasteiger partial charge in [-0.05, 0) is 48.2 Å². The molecule has 146 valence electrons. The van der Waals surface area contributed by atoms with E-state index in [0.29, 0.717) is 17.2 Å². The first-order valence-electron chi connectivity index (χ1n) is 8.97. The number of aryl methyl sites for hydroxylation is 1. The lowest BCUT2D eigenvalue weighted by Crippen LogP contribution is -2.58. The predicted molar refractivity (Wildman–Crippen MR) is 104 cm³/mol. The Morgan fingerprint density at radius 3 is 2.18 bits per heavy atom. The number of nitrogens with zero attached hydrogens (tertiary/aromatic N) is 1.